The Morgan fingerprint density at radius 2 is 1.86 bits per heavy atom. The fraction of sp³-hybridized carbons (Fsp3) is 0.200. The van der Waals surface area contributed by atoms with E-state index in [-0.39, 0.29) is 11.8 Å². The van der Waals surface area contributed by atoms with E-state index in [2.05, 4.69) is 26.6 Å². The molecule has 6 heteroatoms. The Balaban J connectivity index is 2.14. The Morgan fingerprint density at radius 3 is 2.43 bits per heavy atom. The number of anilines is 1. The molecule has 0 aliphatic rings. The van der Waals surface area contributed by atoms with Crippen molar-refractivity contribution >= 4 is 33.4 Å². The quantitative estimate of drug-likeness (QED) is 0.891. The van der Waals surface area contributed by atoms with Crippen LogP contribution in [0.1, 0.15) is 27.8 Å². The van der Waals surface area contributed by atoms with Crippen LogP contribution >= 0.6 is 15.9 Å². The lowest BCUT2D eigenvalue weighted by Crippen LogP contribution is -2.18. The minimum absolute atomic E-state index is 0.156. The molecular weight excluding hydrogens is 334 g/mol. The molecule has 1 heterocycles. The molecule has 0 aliphatic heterocycles. The second kappa shape index (κ2) is 6.58. The first-order valence-electron chi connectivity index (χ1n) is 6.54. The maximum absolute atomic E-state index is 12.3. The lowest BCUT2D eigenvalue weighted by Gasteiger charge is -2.08. The summed E-state index contributed by atoms with van der Waals surface area (Å²) in [6.45, 7) is 2.69. The molecule has 2 amide bonds. The minimum Gasteiger partial charge on any atom is -0.355 e. The van der Waals surface area contributed by atoms with E-state index < -0.39 is 0 Å². The molecule has 0 saturated carbocycles. The summed E-state index contributed by atoms with van der Waals surface area (Å²) in [5, 5.41) is 5.37. The van der Waals surface area contributed by atoms with Gasteiger partial charge in [0.2, 0.25) is 0 Å². The molecule has 2 rings (SSSR count). The number of rotatable bonds is 4. The average molecular weight is 350 g/mol. The molecule has 21 heavy (non-hydrogen) atoms. The number of nitrogens with zero attached hydrogens (tertiary/aromatic N) is 1. The molecule has 0 fully saturated rings. The van der Waals surface area contributed by atoms with Crippen LogP contribution in [0.25, 0.3) is 0 Å². The summed E-state index contributed by atoms with van der Waals surface area (Å²) >= 11 is 3.37. The largest absolute Gasteiger partial charge is 0.355 e. The molecule has 0 radical (unpaired) electrons. The highest BCUT2D eigenvalue weighted by molar-refractivity contribution is 9.10. The van der Waals surface area contributed by atoms with Crippen molar-refractivity contribution in [1.29, 1.82) is 0 Å². The number of carbonyl (C=O) groups is 2. The summed E-state index contributed by atoms with van der Waals surface area (Å²) in [4.78, 5) is 23.7. The van der Waals surface area contributed by atoms with E-state index in [1.807, 2.05) is 17.7 Å². The Labute approximate surface area is 131 Å². The maximum atomic E-state index is 12.3. The maximum Gasteiger partial charge on any atom is 0.272 e. The summed E-state index contributed by atoms with van der Waals surface area (Å²) in [5.74, 6) is -0.341. The summed E-state index contributed by atoms with van der Waals surface area (Å²) in [5.41, 5.74) is 1.78. The van der Waals surface area contributed by atoms with E-state index in [0.717, 1.165) is 4.47 Å². The number of aromatic nitrogens is 1. The van der Waals surface area contributed by atoms with Gasteiger partial charge in [-0.05, 0) is 53.2 Å². The Kier molecular flexibility index (Phi) is 4.80. The van der Waals surface area contributed by atoms with Gasteiger partial charge in [0.25, 0.3) is 11.8 Å². The van der Waals surface area contributed by atoms with E-state index in [0.29, 0.717) is 23.5 Å². The van der Waals surface area contributed by atoms with Gasteiger partial charge in [0.1, 0.15) is 5.69 Å². The zero-order valence-electron chi connectivity index (χ0n) is 11.8. The van der Waals surface area contributed by atoms with Crippen LogP contribution in [-0.2, 0) is 6.54 Å². The van der Waals surface area contributed by atoms with Gasteiger partial charge in [0.15, 0.2) is 0 Å². The second-order valence-electron chi connectivity index (χ2n) is 4.44. The number of hydrogen-bond donors (Lipinski definition) is 2. The van der Waals surface area contributed by atoms with Crippen molar-refractivity contribution in [3.8, 4) is 0 Å². The molecule has 1 aromatic heterocycles. The summed E-state index contributed by atoms with van der Waals surface area (Å²) in [6, 6.07) is 8.53. The van der Waals surface area contributed by atoms with Crippen LogP contribution in [0, 0.1) is 0 Å². The number of hydrogen-bond acceptors (Lipinski definition) is 2. The van der Waals surface area contributed by atoms with Crippen LogP contribution in [-0.4, -0.2) is 23.4 Å². The smallest absolute Gasteiger partial charge is 0.272 e. The van der Waals surface area contributed by atoms with Gasteiger partial charge in [-0.15, -0.1) is 0 Å². The van der Waals surface area contributed by atoms with Gasteiger partial charge in [-0.3, -0.25) is 9.59 Å². The van der Waals surface area contributed by atoms with Crippen molar-refractivity contribution in [1.82, 2.24) is 9.88 Å². The van der Waals surface area contributed by atoms with Gasteiger partial charge < -0.3 is 15.2 Å². The first-order valence-corrected chi connectivity index (χ1v) is 7.33. The van der Waals surface area contributed by atoms with Crippen LogP contribution in [0.3, 0.4) is 0 Å². The monoisotopic (exact) mass is 349 g/mol. The number of benzene rings is 1. The van der Waals surface area contributed by atoms with E-state index in [1.54, 1.807) is 37.4 Å². The lowest BCUT2D eigenvalue weighted by atomic mass is 10.2. The first-order chi connectivity index (χ1) is 10.0. The van der Waals surface area contributed by atoms with E-state index in [4.69, 9.17) is 0 Å². The van der Waals surface area contributed by atoms with E-state index in [1.165, 1.54) is 0 Å². The predicted octanol–water partition coefficient (Wildman–Crippen LogP) is 2.88. The highest BCUT2D eigenvalue weighted by atomic mass is 79.9. The molecule has 0 bridgehead atoms. The number of halogens is 1. The van der Waals surface area contributed by atoms with Crippen LogP contribution < -0.4 is 10.6 Å². The zero-order chi connectivity index (χ0) is 15.4. The van der Waals surface area contributed by atoms with E-state index in [9.17, 15) is 9.59 Å². The second-order valence-corrected chi connectivity index (χ2v) is 5.36. The molecule has 0 aliphatic carbocycles. The third kappa shape index (κ3) is 3.52. The Morgan fingerprint density at radius 1 is 1.19 bits per heavy atom. The molecule has 0 spiro atoms. The van der Waals surface area contributed by atoms with Crippen molar-refractivity contribution in [3.63, 3.8) is 0 Å². The fourth-order valence-electron chi connectivity index (χ4n) is 1.97. The van der Waals surface area contributed by atoms with Crippen molar-refractivity contribution in [2.75, 3.05) is 12.4 Å². The van der Waals surface area contributed by atoms with Crippen molar-refractivity contribution < 1.29 is 9.59 Å². The molecule has 5 nitrogen and oxygen atoms in total. The molecule has 0 saturated heterocycles. The standard InChI is InChI=1S/C15H16BrN3O2/c1-3-19-9-11(16)8-13(19)15(21)18-12-6-4-10(5-7-12)14(20)17-2/h4-9H,3H2,1-2H3,(H,17,20)(H,18,21). The highest BCUT2D eigenvalue weighted by Crippen LogP contribution is 2.17. The number of amides is 2. The Bertz CT molecular complexity index is 662. The van der Waals surface area contributed by atoms with Crippen LogP contribution in [0.5, 0.6) is 0 Å². The normalized spacial score (nSPS) is 10.2. The SMILES string of the molecule is CCn1cc(Br)cc1C(=O)Nc1ccc(C(=O)NC)cc1. The minimum atomic E-state index is -0.185. The van der Waals surface area contributed by atoms with Gasteiger partial charge in [-0.1, -0.05) is 0 Å². The lowest BCUT2D eigenvalue weighted by molar-refractivity contribution is 0.0962. The number of aryl methyl sites for hydroxylation is 1. The molecule has 0 unspecified atom stereocenters. The summed E-state index contributed by atoms with van der Waals surface area (Å²) < 4.78 is 2.72. The van der Waals surface area contributed by atoms with Crippen molar-refractivity contribution in [2.45, 2.75) is 13.5 Å². The van der Waals surface area contributed by atoms with Gasteiger partial charge in [-0.2, -0.15) is 0 Å². The fourth-order valence-corrected chi connectivity index (χ4v) is 2.44. The summed E-state index contributed by atoms with van der Waals surface area (Å²) in [6.07, 6.45) is 1.86. The molecule has 1 aromatic carbocycles. The molecular formula is C15H16BrN3O2. The molecule has 110 valence electrons. The first kappa shape index (κ1) is 15.3. The zero-order valence-corrected chi connectivity index (χ0v) is 13.4. The third-order valence-corrected chi connectivity index (χ3v) is 3.50. The van der Waals surface area contributed by atoms with Crippen molar-refractivity contribution in [3.05, 3.63) is 52.3 Å². The molecule has 0 atom stereocenters. The van der Waals surface area contributed by atoms with Gasteiger partial charge >= 0.3 is 0 Å². The number of carbonyl (C=O) groups excluding carboxylic acids is 2. The predicted molar refractivity (Wildman–Crippen MR) is 85.6 cm³/mol. The highest BCUT2D eigenvalue weighted by Gasteiger charge is 2.12. The average Bonchev–Trinajstić information content (AvgIpc) is 2.88. The van der Waals surface area contributed by atoms with E-state index >= 15 is 0 Å². The van der Waals surface area contributed by atoms with Crippen LogP contribution in [0.2, 0.25) is 0 Å². The van der Waals surface area contributed by atoms with Crippen molar-refractivity contribution in [2.24, 2.45) is 0 Å². The Hall–Kier alpha value is -2.08. The van der Waals surface area contributed by atoms with Crippen LogP contribution in [0.4, 0.5) is 5.69 Å². The molecule has 2 aromatic rings. The number of nitrogens with one attached hydrogen (secondary N) is 2. The molecule has 2 N–H and O–H groups in total. The van der Waals surface area contributed by atoms with Gasteiger partial charge in [0, 0.05) is 35.5 Å². The van der Waals surface area contributed by atoms with Gasteiger partial charge in [-0.25, -0.2) is 0 Å². The van der Waals surface area contributed by atoms with Crippen LogP contribution in [0.15, 0.2) is 41.0 Å². The topological polar surface area (TPSA) is 63.1 Å². The third-order valence-electron chi connectivity index (χ3n) is 3.07. The van der Waals surface area contributed by atoms with Gasteiger partial charge in [0.05, 0.1) is 0 Å². The summed E-state index contributed by atoms with van der Waals surface area (Å²) in [7, 11) is 1.58.